The molecule has 5 nitrogen and oxygen atoms in total. The Hall–Kier alpha value is 0.0169. The average Bonchev–Trinajstić information content (AvgIpc) is 2.65. The maximum Gasteiger partial charge on any atom is 0.500 e. The van der Waals surface area contributed by atoms with Gasteiger partial charge in [-0.3, -0.25) is 0 Å². The Balaban J connectivity index is 1.98. The van der Waals surface area contributed by atoms with E-state index in [1.165, 1.54) is 44.9 Å². The van der Waals surface area contributed by atoms with E-state index in [2.05, 4.69) is 0 Å². The fraction of sp³-hybridized carbons (Fsp3) is 1.00. The van der Waals surface area contributed by atoms with Crippen molar-refractivity contribution in [3.63, 3.8) is 0 Å². The second-order valence-corrected chi connectivity index (χ2v) is 9.61. The first kappa shape index (κ1) is 24.1. The summed E-state index contributed by atoms with van der Waals surface area (Å²) in [7, 11) is -2.42. The van der Waals surface area contributed by atoms with Gasteiger partial charge in [-0.05, 0) is 46.5 Å². The molecule has 0 saturated carbocycles. The van der Waals surface area contributed by atoms with Crippen molar-refractivity contribution >= 4 is 8.80 Å². The van der Waals surface area contributed by atoms with Gasteiger partial charge in [0.25, 0.3) is 0 Å². The Labute approximate surface area is 162 Å². The molecule has 0 N–H and O–H groups in total. The van der Waals surface area contributed by atoms with Gasteiger partial charge >= 0.3 is 8.80 Å². The minimum Gasteiger partial charge on any atom is -0.374 e. The second-order valence-electron chi connectivity index (χ2n) is 6.87. The van der Waals surface area contributed by atoms with Crippen LogP contribution in [0.3, 0.4) is 0 Å². The van der Waals surface area contributed by atoms with Crippen molar-refractivity contribution in [3.8, 4) is 0 Å². The maximum atomic E-state index is 5.91. The van der Waals surface area contributed by atoms with Crippen molar-refractivity contribution in [2.24, 2.45) is 0 Å². The Morgan fingerprint density at radius 3 is 1.65 bits per heavy atom. The highest BCUT2D eigenvalue weighted by Gasteiger charge is 2.39. The number of unbranched alkanes of at least 4 members (excludes halogenated alkanes) is 7. The van der Waals surface area contributed by atoms with Crippen molar-refractivity contribution in [1.29, 1.82) is 0 Å². The van der Waals surface area contributed by atoms with E-state index in [0.717, 1.165) is 38.5 Å². The smallest absolute Gasteiger partial charge is 0.374 e. The molecule has 0 aromatic heterocycles. The average molecular weight is 391 g/mol. The van der Waals surface area contributed by atoms with Gasteiger partial charge in [-0.1, -0.05) is 38.5 Å². The van der Waals surface area contributed by atoms with Crippen LogP contribution in [-0.2, 0) is 22.8 Å². The molecule has 0 spiro atoms. The molecule has 1 aliphatic heterocycles. The molecule has 0 aliphatic carbocycles. The lowest BCUT2D eigenvalue weighted by Gasteiger charge is -2.28. The maximum absolute atomic E-state index is 5.91. The van der Waals surface area contributed by atoms with Crippen LogP contribution < -0.4 is 0 Å². The molecule has 156 valence electrons. The first-order valence-corrected chi connectivity index (χ1v) is 12.8. The van der Waals surface area contributed by atoms with E-state index in [1.807, 2.05) is 20.8 Å². The molecular formula is C20H42O5Si. The summed E-state index contributed by atoms with van der Waals surface area (Å²) in [6, 6.07) is 0.948. The molecule has 0 radical (unpaired) electrons. The molecule has 26 heavy (non-hydrogen) atoms. The normalized spacial score (nSPS) is 16.3. The predicted molar refractivity (Wildman–Crippen MR) is 107 cm³/mol. The first-order chi connectivity index (χ1) is 12.8. The third-order valence-electron chi connectivity index (χ3n) is 4.66. The van der Waals surface area contributed by atoms with E-state index >= 15 is 0 Å². The van der Waals surface area contributed by atoms with Gasteiger partial charge in [0.2, 0.25) is 0 Å². The summed E-state index contributed by atoms with van der Waals surface area (Å²) in [5, 5.41) is 0. The van der Waals surface area contributed by atoms with Crippen LogP contribution in [0.1, 0.15) is 85.0 Å². The fourth-order valence-corrected chi connectivity index (χ4v) is 6.10. The molecule has 0 unspecified atom stereocenters. The zero-order chi connectivity index (χ0) is 18.9. The molecule has 1 heterocycles. The number of ether oxygens (including phenoxy) is 2. The van der Waals surface area contributed by atoms with Crippen LogP contribution in [-0.4, -0.2) is 48.1 Å². The van der Waals surface area contributed by atoms with Crippen molar-refractivity contribution in [1.82, 2.24) is 0 Å². The SMILES string of the molecule is CCO[Si](CCCCCCCCCCC1OCCCO1)(OCC)OCC. The Kier molecular flexibility index (Phi) is 14.8. The highest BCUT2D eigenvalue weighted by molar-refractivity contribution is 6.60. The van der Waals surface area contributed by atoms with Crippen LogP contribution in [0, 0.1) is 0 Å². The highest BCUT2D eigenvalue weighted by atomic mass is 28.4. The van der Waals surface area contributed by atoms with Gasteiger partial charge in [0.05, 0.1) is 13.2 Å². The van der Waals surface area contributed by atoms with Crippen LogP contribution in [0.25, 0.3) is 0 Å². The number of rotatable bonds is 17. The van der Waals surface area contributed by atoms with Crippen molar-refractivity contribution in [3.05, 3.63) is 0 Å². The Morgan fingerprint density at radius 2 is 1.15 bits per heavy atom. The zero-order valence-electron chi connectivity index (χ0n) is 17.4. The standard InChI is InChI=1S/C20H42O5Si/c1-4-23-26(24-5-2,25-6-3)19-14-12-10-8-7-9-11-13-16-20-21-17-15-18-22-20/h20H,4-19H2,1-3H3. The van der Waals surface area contributed by atoms with E-state index < -0.39 is 8.80 Å². The van der Waals surface area contributed by atoms with Crippen molar-refractivity contribution in [2.75, 3.05) is 33.0 Å². The molecule has 0 bridgehead atoms. The lowest BCUT2D eigenvalue weighted by Crippen LogP contribution is -2.45. The van der Waals surface area contributed by atoms with Crippen LogP contribution in [0.5, 0.6) is 0 Å². The molecular weight excluding hydrogens is 348 g/mol. The third kappa shape index (κ3) is 11.0. The van der Waals surface area contributed by atoms with Gasteiger partial charge in [0, 0.05) is 25.9 Å². The summed E-state index contributed by atoms with van der Waals surface area (Å²) in [6.45, 7) is 9.80. The summed E-state index contributed by atoms with van der Waals surface area (Å²) in [5.74, 6) is 0. The quantitative estimate of drug-likeness (QED) is 0.249. The van der Waals surface area contributed by atoms with Gasteiger partial charge < -0.3 is 22.8 Å². The zero-order valence-corrected chi connectivity index (χ0v) is 18.4. The molecule has 0 amide bonds. The van der Waals surface area contributed by atoms with Gasteiger partial charge in [-0.15, -0.1) is 0 Å². The summed E-state index contributed by atoms with van der Waals surface area (Å²) in [6.07, 6.45) is 12.3. The molecule has 1 fully saturated rings. The monoisotopic (exact) mass is 390 g/mol. The van der Waals surface area contributed by atoms with Crippen LogP contribution in [0.2, 0.25) is 6.04 Å². The molecule has 0 aromatic rings. The highest BCUT2D eigenvalue weighted by Crippen LogP contribution is 2.21. The van der Waals surface area contributed by atoms with E-state index in [4.69, 9.17) is 22.8 Å². The first-order valence-electron chi connectivity index (χ1n) is 10.9. The minimum atomic E-state index is -2.42. The molecule has 1 aliphatic rings. The van der Waals surface area contributed by atoms with Crippen LogP contribution in [0.15, 0.2) is 0 Å². The molecule has 1 rings (SSSR count). The van der Waals surface area contributed by atoms with Gasteiger partial charge in [0.1, 0.15) is 0 Å². The minimum absolute atomic E-state index is 0.0641. The van der Waals surface area contributed by atoms with Crippen LogP contribution >= 0.6 is 0 Å². The third-order valence-corrected chi connectivity index (χ3v) is 7.81. The molecule has 1 saturated heterocycles. The van der Waals surface area contributed by atoms with Crippen molar-refractivity contribution < 1.29 is 22.8 Å². The second kappa shape index (κ2) is 16.0. The Bertz CT molecular complexity index is 294. The van der Waals surface area contributed by atoms with Gasteiger partial charge in [-0.2, -0.15) is 0 Å². The summed E-state index contributed by atoms with van der Waals surface area (Å²) in [4.78, 5) is 0. The lowest BCUT2D eigenvalue weighted by molar-refractivity contribution is -0.181. The molecule has 0 aromatic carbocycles. The van der Waals surface area contributed by atoms with E-state index in [-0.39, 0.29) is 6.29 Å². The van der Waals surface area contributed by atoms with Gasteiger partial charge in [-0.25, -0.2) is 0 Å². The van der Waals surface area contributed by atoms with E-state index in [9.17, 15) is 0 Å². The van der Waals surface area contributed by atoms with Crippen molar-refractivity contribution in [2.45, 2.75) is 97.3 Å². The summed E-state index contributed by atoms with van der Waals surface area (Å²) in [5.41, 5.74) is 0. The van der Waals surface area contributed by atoms with Gasteiger partial charge in [0.15, 0.2) is 6.29 Å². The summed E-state index contributed by atoms with van der Waals surface area (Å²) < 4.78 is 28.9. The van der Waals surface area contributed by atoms with E-state index in [1.54, 1.807) is 0 Å². The van der Waals surface area contributed by atoms with E-state index in [0.29, 0.717) is 19.8 Å². The predicted octanol–water partition coefficient (Wildman–Crippen LogP) is 5.31. The number of hydrogen-bond donors (Lipinski definition) is 0. The van der Waals surface area contributed by atoms with Crippen LogP contribution in [0.4, 0.5) is 0 Å². The lowest BCUT2D eigenvalue weighted by atomic mass is 10.1. The molecule has 6 heteroatoms. The molecule has 0 atom stereocenters. The topological polar surface area (TPSA) is 46.2 Å². The summed E-state index contributed by atoms with van der Waals surface area (Å²) >= 11 is 0. The fourth-order valence-electron chi connectivity index (χ4n) is 3.42. The number of hydrogen-bond acceptors (Lipinski definition) is 5. The largest absolute Gasteiger partial charge is 0.500 e. The Morgan fingerprint density at radius 1 is 0.692 bits per heavy atom.